The predicted octanol–water partition coefficient (Wildman–Crippen LogP) is 3.88. The largest absolute Gasteiger partial charge is 0.383 e. The molecule has 124 valence electrons. The van der Waals surface area contributed by atoms with E-state index in [0.29, 0.717) is 18.2 Å². The van der Waals surface area contributed by atoms with Gasteiger partial charge in [-0.05, 0) is 56.5 Å². The molecule has 0 aliphatic heterocycles. The molecule has 2 aromatic rings. The first-order valence-electron chi connectivity index (χ1n) is 7.86. The van der Waals surface area contributed by atoms with Crippen molar-refractivity contribution in [1.82, 2.24) is 0 Å². The molecule has 0 spiro atoms. The molecule has 0 aliphatic carbocycles. The van der Waals surface area contributed by atoms with Crippen LogP contribution in [0.3, 0.4) is 0 Å². The Balaban J connectivity index is 1.85. The van der Waals surface area contributed by atoms with Crippen LogP contribution >= 0.6 is 0 Å². The Morgan fingerprint density at radius 2 is 1.52 bits per heavy atom. The molecule has 0 atom stereocenters. The Bertz CT molecular complexity index is 696. The van der Waals surface area contributed by atoms with E-state index in [1.54, 1.807) is 12.1 Å². The lowest BCUT2D eigenvalue weighted by Gasteiger charge is -2.12. The summed E-state index contributed by atoms with van der Waals surface area (Å²) >= 11 is 0. The van der Waals surface area contributed by atoms with E-state index in [2.05, 4.69) is 23.9 Å². The summed E-state index contributed by atoms with van der Waals surface area (Å²) in [5.74, 6) is 0.119. The minimum absolute atomic E-state index is 0.119. The van der Waals surface area contributed by atoms with Crippen LogP contribution in [-0.4, -0.2) is 20.2 Å². The summed E-state index contributed by atoms with van der Waals surface area (Å²) in [4.78, 5) is 0. The van der Waals surface area contributed by atoms with Crippen molar-refractivity contribution in [3.05, 3.63) is 60.2 Å². The number of hydrogen-bond acceptors (Lipinski definition) is 3. The number of benzene rings is 2. The van der Waals surface area contributed by atoms with Crippen LogP contribution in [0.15, 0.2) is 54.6 Å². The Morgan fingerprint density at radius 3 is 2.13 bits per heavy atom. The highest BCUT2D eigenvalue weighted by molar-refractivity contribution is 7.92. The highest BCUT2D eigenvalue weighted by atomic mass is 32.2. The van der Waals surface area contributed by atoms with E-state index in [1.807, 2.05) is 42.5 Å². The number of anilines is 2. The van der Waals surface area contributed by atoms with E-state index >= 15 is 0 Å². The summed E-state index contributed by atoms with van der Waals surface area (Å²) in [5, 5.41) is 3.27. The zero-order chi connectivity index (χ0) is 16.7. The molecule has 0 fully saturated rings. The average Bonchev–Trinajstić information content (AvgIpc) is 2.49. The van der Waals surface area contributed by atoms with Gasteiger partial charge in [0.25, 0.3) is 0 Å². The molecule has 5 heteroatoms. The van der Waals surface area contributed by atoms with E-state index in [-0.39, 0.29) is 5.75 Å². The molecule has 2 rings (SSSR count). The maximum atomic E-state index is 12.1. The van der Waals surface area contributed by atoms with Gasteiger partial charge in [-0.1, -0.05) is 30.3 Å². The van der Waals surface area contributed by atoms with Gasteiger partial charge in [0.05, 0.1) is 5.75 Å². The van der Waals surface area contributed by atoms with Crippen LogP contribution in [0.4, 0.5) is 11.4 Å². The second-order valence-electron chi connectivity index (χ2n) is 5.89. The highest BCUT2D eigenvalue weighted by Crippen LogP contribution is 2.16. The van der Waals surface area contributed by atoms with Gasteiger partial charge in [-0.3, -0.25) is 4.72 Å². The van der Waals surface area contributed by atoms with Crippen LogP contribution in [0.5, 0.6) is 0 Å². The summed E-state index contributed by atoms with van der Waals surface area (Å²) in [6, 6.07) is 17.6. The fraction of sp³-hybridized carbons (Fsp3) is 0.333. The Morgan fingerprint density at radius 1 is 0.913 bits per heavy atom. The summed E-state index contributed by atoms with van der Waals surface area (Å²) in [6.45, 7) is 4.12. The number of hydrogen-bond donors (Lipinski definition) is 2. The van der Waals surface area contributed by atoms with Crippen molar-refractivity contribution in [3.8, 4) is 0 Å². The van der Waals surface area contributed by atoms with Crippen LogP contribution in [0.25, 0.3) is 0 Å². The van der Waals surface area contributed by atoms with Gasteiger partial charge in [-0.25, -0.2) is 8.42 Å². The van der Waals surface area contributed by atoms with Gasteiger partial charge in [-0.2, -0.15) is 0 Å². The zero-order valence-electron chi connectivity index (χ0n) is 13.6. The molecule has 0 unspecified atom stereocenters. The fourth-order valence-corrected chi connectivity index (χ4v) is 3.43. The second-order valence-corrected chi connectivity index (χ2v) is 7.73. The fourth-order valence-electron chi connectivity index (χ4n) is 2.31. The monoisotopic (exact) mass is 332 g/mol. The molecule has 0 heterocycles. The quantitative estimate of drug-likeness (QED) is 0.771. The Kier molecular flexibility index (Phi) is 6.04. The van der Waals surface area contributed by atoms with Crippen LogP contribution in [0.2, 0.25) is 0 Å². The van der Waals surface area contributed by atoms with Crippen LogP contribution in [0.1, 0.15) is 25.8 Å². The number of nitrogens with one attached hydrogen (secondary N) is 2. The zero-order valence-corrected chi connectivity index (χ0v) is 14.4. The first kappa shape index (κ1) is 17.3. The van der Waals surface area contributed by atoms with Crippen molar-refractivity contribution in [2.75, 3.05) is 15.8 Å². The van der Waals surface area contributed by atoms with Crippen molar-refractivity contribution < 1.29 is 8.42 Å². The van der Waals surface area contributed by atoms with Gasteiger partial charge >= 0.3 is 0 Å². The standard InChI is InChI=1S/C18H24N2O2S/c1-15(2)19-17-10-12-18(13-11-17)20-23(21,22)14-6-9-16-7-4-3-5-8-16/h3-5,7-8,10-13,15,19-20H,6,9,14H2,1-2H3. The molecule has 0 bridgehead atoms. The summed E-state index contributed by atoms with van der Waals surface area (Å²) in [5.41, 5.74) is 2.73. The molecular formula is C18H24N2O2S. The summed E-state index contributed by atoms with van der Waals surface area (Å²) in [6.07, 6.45) is 1.37. The Hall–Kier alpha value is -2.01. The first-order valence-corrected chi connectivity index (χ1v) is 9.51. The maximum absolute atomic E-state index is 12.1. The van der Waals surface area contributed by atoms with Gasteiger partial charge in [0.2, 0.25) is 10.0 Å². The third-order valence-electron chi connectivity index (χ3n) is 3.33. The molecule has 0 radical (unpaired) electrons. The van der Waals surface area contributed by atoms with Crippen LogP contribution in [0, 0.1) is 0 Å². The van der Waals surface area contributed by atoms with Gasteiger partial charge in [0, 0.05) is 17.4 Å². The molecule has 0 aliphatic rings. The normalized spacial score (nSPS) is 11.4. The summed E-state index contributed by atoms with van der Waals surface area (Å²) in [7, 11) is -3.31. The van der Waals surface area contributed by atoms with Crippen molar-refractivity contribution in [2.24, 2.45) is 0 Å². The van der Waals surface area contributed by atoms with E-state index in [1.165, 1.54) is 0 Å². The minimum Gasteiger partial charge on any atom is -0.383 e. The third-order valence-corrected chi connectivity index (χ3v) is 4.71. The molecule has 2 N–H and O–H groups in total. The van der Waals surface area contributed by atoms with Crippen molar-refractivity contribution in [3.63, 3.8) is 0 Å². The lowest BCUT2D eigenvalue weighted by Crippen LogP contribution is -2.17. The van der Waals surface area contributed by atoms with Crippen molar-refractivity contribution >= 4 is 21.4 Å². The molecule has 4 nitrogen and oxygen atoms in total. The van der Waals surface area contributed by atoms with E-state index < -0.39 is 10.0 Å². The first-order chi connectivity index (χ1) is 10.9. The average molecular weight is 332 g/mol. The second kappa shape index (κ2) is 8.02. The summed E-state index contributed by atoms with van der Waals surface area (Å²) < 4.78 is 26.9. The molecule has 2 aromatic carbocycles. The number of aryl methyl sites for hydroxylation is 1. The topological polar surface area (TPSA) is 58.2 Å². The smallest absolute Gasteiger partial charge is 0.232 e. The number of rotatable bonds is 8. The van der Waals surface area contributed by atoms with Gasteiger partial charge in [-0.15, -0.1) is 0 Å². The van der Waals surface area contributed by atoms with Crippen molar-refractivity contribution in [2.45, 2.75) is 32.7 Å². The van der Waals surface area contributed by atoms with Gasteiger partial charge in [0.1, 0.15) is 0 Å². The molecule has 0 amide bonds. The molecule has 23 heavy (non-hydrogen) atoms. The van der Waals surface area contributed by atoms with E-state index in [9.17, 15) is 8.42 Å². The SMILES string of the molecule is CC(C)Nc1ccc(NS(=O)(=O)CCCc2ccccc2)cc1. The van der Waals surface area contributed by atoms with Crippen LogP contribution in [-0.2, 0) is 16.4 Å². The van der Waals surface area contributed by atoms with Crippen LogP contribution < -0.4 is 10.0 Å². The van der Waals surface area contributed by atoms with Gasteiger partial charge in [0.15, 0.2) is 0 Å². The van der Waals surface area contributed by atoms with E-state index in [0.717, 1.165) is 17.7 Å². The lowest BCUT2D eigenvalue weighted by molar-refractivity contribution is 0.598. The minimum atomic E-state index is -3.31. The van der Waals surface area contributed by atoms with Crippen molar-refractivity contribution in [1.29, 1.82) is 0 Å². The van der Waals surface area contributed by atoms with E-state index in [4.69, 9.17) is 0 Å². The molecular weight excluding hydrogens is 308 g/mol. The molecule has 0 aromatic heterocycles. The Labute approximate surface area is 139 Å². The number of sulfonamides is 1. The highest BCUT2D eigenvalue weighted by Gasteiger charge is 2.10. The third kappa shape index (κ3) is 6.32. The lowest BCUT2D eigenvalue weighted by atomic mass is 10.1. The maximum Gasteiger partial charge on any atom is 0.232 e. The molecule has 0 saturated carbocycles. The molecule has 0 saturated heterocycles. The predicted molar refractivity (Wildman–Crippen MR) is 97.4 cm³/mol. The van der Waals surface area contributed by atoms with Gasteiger partial charge < -0.3 is 5.32 Å².